The van der Waals surface area contributed by atoms with E-state index in [1.807, 2.05) is 6.92 Å². The molecule has 0 aliphatic rings. The first-order chi connectivity index (χ1) is 6.93. The number of hydrogen-bond acceptors (Lipinski definition) is 1. The van der Waals surface area contributed by atoms with Crippen LogP contribution in [0.1, 0.15) is 34.6 Å². The van der Waals surface area contributed by atoms with Gasteiger partial charge in [-0.15, -0.1) is 55.4 Å². The van der Waals surface area contributed by atoms with Gasteiger partial charge in [-0.2, -0.15) is 0 Å². The monoisotopic (exact) mass is 359 g/mol. The maximum absolute atomic E-state index is 6.37. The van der Waals surface area contributed by atoms with E-state index in [1.54, 1.807) is 0 Å². The fourth-order valence-corrected chi connectivity index (χ4v) is 10.2. The fraction of sp³-hybridized carbons (Fsp3) is 1.00. The van der Waals surface area contributed by atoms with Crippen molar-refractivity contribution in [3.63, 3.8) is 0 Å². The second-order valence-electron chi connectivity index (χ2n) is 4.43. The lowest BCUT2D eigenvalue weighted by atomic mass is 10.2. The summed E-state index contributed by atoms with van der Waals surface area (Å²) in [5.41, 5.74) is -3.13. The first-order valence-corrected chi connectivity index (χ1v) is 15.3. The molecular weight excluding hydrogens is 344 g/mol. The van der Waals surface area contributed by atoms with Crippen LogP contribution in [0, 0.1) is 0 Å². The quantitative estimate of drug-likeness (QED) is 0.507. The Kier molecular flexibility index (Phi) is 7.06. The Bertz CT molecular complexity index is 221. The van der Waals surface area contributed by atoms with Crippen LogP contribution < -0.4 is 0 Å². The molecule has 0 aliphatic heterocycles. The summed E-state index contributed by atoms with van der Waals surface area (Å²) < 4.78 is 0. The number of nitrogens with zero attached hydrogens (tertiary/aromatic N) is 1. The van der Waals surface area contributed by atoms with Crippen molar-refractivity contribution >= 4 is 67.1 Å². The van der Waals surface area contributed by atoms with Gasteiger partial charge >= 0.3 is 11.7 Å². The molecular formula is C8H18Cl5NSi2. The van der Waals surface area contributed by atoms with E-state index in [1.165, 1.54) is 0 Å². The van der Waals surface area contributed by atoms with E-state index in [0.29, 0.717) is 12.1 Å². The van der Waals surface area contributed by atoms with Crippen molar-refractivity contribution in [1.29, 1.82) is 0 Å². The van der Waals surface area contributed by atoms with Crippen LogP contribution in [0.25, 0.3) is 0 Å². The molecule has 16 heavy (non-hydrogen) atoms. The SMILES string of the molecule is CC(C)N(C(C)C)C(C)[Si](Cl)(Cl)[Si](Cl)(Cl)Cl. The van der Waals surface area contributed by atoms with Gasteiger partial charge in [0.15, 0.2) is 0 Å². The predicted octanol–water partition coefficient (Wildman–Crippen LogP) is 4.69. The lowest BCUT2D eigenvalue weighted by Gasteiger charge is -2.42. The zero-order valence-corrected chi connectivity index (χ0v) is 15.8. The van der Waals surface area contributed by atoms with Gasteiger partial charge in [0.25, 0.3) is 0 Å². The lowest BCUT2D eigenvalue weighted by molar-refractivity contribution is 0.162. The summed E-state index contributed by atoms with van der Waals surface area (Å²) in [4.78, 5) is 2.21. The summed E-state index contributed by atoms with van der Waals surface area (Å²) in [6.45, 7) is 10.3. The van der Waals surface area contributed by atoms with Gasteiger partial charge in [-0.05, 0) is 34.6 Å². The van der Waals surface area contributed by atoms with Crippen molar-refractivity contribution in [1.82, 2.24) is 4.90 Å². The molecule has 0 rings (SSSR count). The summed E-state index contributed by atoms with van der Waals surface area (Å²) in [5, 5.41) is 0. The summed E-state index contributed by atoms with van der Waals surface area (Å²) in [6, 6.07) is 0.640. The van der Waals surface area contributed by atoms with E-state index >= 15 is 0 Å². The molecule has 1 nitrogen and oxygen atoms in total. The summed E-state index contributed by atoms with van der Waals surface area (Å²) >= 11 is 30.8. The van der Waals surface area contributed by atoms with E-state index in [-0.39, 0.29) is 5.67 Å². The molecule has 0 aromatic carbocycles. The molecule has 98 valence electrons. The molecule has 0 spiro atoms. The first-order valence-electron chi connectivity index (χ1n) is 5.14. The number of hydrogen-bond donors (Lipinski definition) is 0. The Hall–Kier alpha value is 1.84. The highest BCUT2D eigenvalue weighted by molar-refractivity contribution is 8.02. The minimum atomic E-state index is -3.06. The topological polar surface area (TPSA) is 3.24 Å². The summed E-state index contributed by atoms with van der Waals surface area (Å²) in [7, 11) is 0. The normalized spacial score (nSPS) is 16.3. The molecule has 8 heteroatoms. The van der Waals surface area contributed by atoms with E-state index < -0.39 is 11.7 Å². The van der Waals surface area contributed by atoms with Crippen molar-refractivity contribution < 1.29 is 0 Å². The Morgan fingerprint density at radius 3 is 1.25 bits per heavy atom. The van der Waals surface area contributed by atoms with Gasteiger partial charge in [0.05, 0.1) is 0 Å². The number of rotatable bonds is 5. The molecule has 1 unspecified atom stereocenters. The van der Waals surface area contributed by atoms with E-state index in [2.05, 4.69) is 32.6 Å². The minimum Gasteiger partial charge on any atom is -0.296 e. The minimum absolute atomic E-state index is 0.0741. The molecule has 0 radical (unpaired) electrons. The van der Waals surface area contributed by atoms with Gasteiger partial charge in [0, 0.05) is 17.7 Å². The fourth-order valence-electron chi connectivity index (χ4n) is 1.91. The number of halogens is 5. The van der Waals surface area contributed by atoms with Crippen LogP contribution in [-0.4, -0.2) is 34.4 Å². The average Bonchev–Trinajstić information content (AvgIpc) is 1.99. The molecule has 0 aromatic rings. The molecule has 1 atom stereocenters. The Balaban J connectivity index is 5.08. The third-order valence-corrected chi connectivity index (χ3v) is 28.4. The highest BCUT2D eigenvalue weighted by Gasteiger charge is 2.58. The van der Waals surface area contributed by atoms with Crippen molar-refractivity contribution in [3.05, 3.63) is 0 Å². The molecule has 0 amide bonds. The van der Waals surface area contributed by atoms with E-state index in [9.17, 15) is 0 Å². The van der Waals surface area contributed by atoms with Crippen molar-refractivity contribution in [2.75, 3.05) is 0 Å². The molecule has 0 aromatic heterocycles. The van der Waals surface area contributed by atoms with Gasteiger partial charge < -0.3 is 0 Å². The van der Waals surface area contributed by atoms with E-state index in [4.69, 9.17) is 55.4 Å². The molecule has 0 saturated heterocycles. The van der Waals surface area contributed by atoms with Crippen LogP contribution in [0.3, 0.4) is 0 Å². The predicted molar refractivity (Wildman–Crippen MR) is 82.3 cm³/mol. The summed E-state index contributed by atoms with van der Waals surface area (Å²) in [6.07, 6.45) is -2.89. The van der Waals surface area contributed by atoms with Gasteiger partial charge in [-0.1, -0.05) is 0 Å². The Morgan fingerprint density at radius 1 is 0.750 bits per heavy atom. The van der Waals surface area contributed by atoms with E-state index in [0.717, 1.165) is 0 Å². The highest BCUT2D eigenvalue weighted by atomic mass is 35.9. The highest BCUT2D eigenvalue weighted by Crippen LogP contribution is 2.41. The van der Waals surface area contributed by atoms with Crippen molar-refractivity contribution in [2.45, 2.75) is 52.4 Å². The largest absolute Gasteiger partial charge is 0.360 e. The molecule has 0 bridgehead atoms. The maximum atomic E-state index is 6.37. The third-order valence-electron chi connectivity index (χ3n) is 2.54. The lowest BCUT2D eigenvalue weighted by Crippen LogP contribution is -2.61. The van der Waals surface area contributed by atoms with Gasteiger partial charge in [0.2, 0.25) is 0 Å². The zero-order valence-electron chi connectivity index (χ0n) is 10.1. The van der Waals surface area contributed by atoms with Crippen molar-refractivity contribution in [2.24, 2.45) is 0 Å². The van der Waals surface area contributed by atoms with Crippen LogP contribution in [-0.2, 0) is 0 Å². The van der Waals surface area contributed by atoms with Gasteiger partial charge in [-0.25, -0.2) is 0 Å². The van der Waals surface area contributed by atoms with Gasteiger partial charge in [0.1, 0.15) is 0 Å². The molecule has 0 fully saturated rings. The third kappa shape index (κ3) is 4.20. The maximum Gasteiger partial charge on any atom is 0.360 e. The molecule has 0 heterocycles. The van der Waals surface area contributed by atoms with Gasteiger partial charge in [-0.3, -0.25) is 4.90 Å². The Morgan fingerprint density at radius 2 is 1.06 bits per heavy atom. The van der Waals surface area contributed by atoms with Crippen molar-refractivity contribution in [3.8, 4) is 0 Å². The standard InChI is InChI=1S/C8H18Cl5NSi2/c1-6(2)14(7(3)4)8(5)15(9,10)16(11,12)13/h6-8H,1-5H3. The van der Waals surface area contributed by atoms with Crippen LogP contribution in [0.5, 0.6) is 0 Å². The van der Waals surface area contributed by atoms with Crippen LogP contribution in [0.2, 0.25) is 0 Å². The smallest absolute Gasteiger partial charge is 0.296 e. The molecule has 0 N–H and O–H groups in total. The van der Waals surface area contributed by atoms with Crippen LogP contribution in [0.15, 0.2) is 0 Å². The second-order valence-corrected chi connectivity index (χ2v) is 27.9. The van der Waals surface area contributed by atoms with Crippen LogP contribution >= 0.6 is 55.4 Å². The first kappa shape index (κ1) is 17.8. The zero-order chi connectivity index (χ0) is 13.3. The average molecular weight is 362 g/mol. The molecule has 0 aliphatic carbocycles. The molecule has 0 saturated carbocycles. The Labute approximate surface area is 124 Å². The van der Waals surface area contributed by atoms with Crippen LogP contribution in [0.4, 0.5) is 0 Å². The summed E-state index contributed by atoms with van der Waals surface area (Å²) in [5.74, 6) is 0. The second kappa shape index (κ2) is 6.33.